The maximum absolute atomic E-state index is 12.0. The molecule has 0 aliphatic carbocycles. The fourth-order valence-corrected chi connectivity index (χ4v) is 2.23. The lowest BCUT2D eigenvalue weighted by Gasteiger charge is -2.09. The van der Waals surface area contributed by atoms with Crippen LogP contribution in [0.4, 0.5) is 5.69 Å². The normalized spacial score (nSPS) is 10.3. The number of nitrogens with one attached hydrogen (secondary N) is 1. The summed E-state index contributed by atoms with van der Waals surface area (Å²) in [5.74, 6) is 0.686. The number of furan rings is 1. The van der Waals surface area contributed by atoms with Crippen LogP contribution in [0.1, 0.15) is 21.7 Å². The summed E-state index contributed by atoms with van der Waals surface area (Å²) < 4.78 is 10.9. The first kappa shape index (κ1) is 14.9. The number of ether oxygens (including phenoxy) is 1. The molecule has 1 amide bonds. The van der Waals surface area contributed by atoms with Crippen molar-refractivity contribution >= 4 is 11.6 Å². The maximum Gasteiger partial charge on any atom is 0.291 e. The summed E-state index contributed by atoms with van der Waals surface area (Å²) in [6.45, 7) is 2.53. The zero-order valence-corrected chi connectivity index (χ0v) is 12.8. The second-order valence-electron chi connectivity index (χ2n) is 5.24. The summed E-state index contributed by atoms with van der Waals surface area (Å²) in [6, 6.07) is 18.8. The highest BCUT2D eigenvalue weighted by Crippen LogP contribution is 2.19. The number of carbonyl (C=O) groups excluding carboxylic acids is 1. The number of rotatable bonds is 5. The van der Waals surface area contributed by atoms with Crippen molar-refractivity contribution in [1.82, 2.24) is 0 Å². The average molecular weight is 307 g/mol. The van der Waals surface area contributed by atoms with Gasteiger partial charge in [-0.25, -0.2) is 0 Å². The summed E-state index contributed by atoms with van der Waals surface area (Å²) in [5, 5.41) is 2.78. The van der Waals surface area contributed by atoms with Gasteiger partial charge < -0.3 is 14.5 Å². The van der Waals surface area contributed by atoms with Crippen LogP contribution in [0.5, 0.6) is 5.75 Å². The molecule has 2 aromatic carbocycles. The van der Waals surface area contributed by atoms with Crippen molar-refractivity contribution in [1.29, 1.82) is 0 Å². The lowest BCUT2D eigenvalue weighted by Crippen LogP contribution is -2.10. The second kappa shape index (κ2) is 6.83. The first-order valence-corrected chi connectivity index (χ1v) is 7.34. The topological polar surface area (TPSA) is 51.5 Å². The van der Waals surface area contributed by atoms with Gasteiger partial charge >= 0.3 is 0 Å². The summed E-state index contributed by atoms with van der Waals surface area (Å²) >= 11 is 0. The number of carbonyl (C=O) groups is 1. The minimum absolute atomic E-state index is 0.274. The highest BCUT2D eigenvalue weighted by atomic mass is 16.5. The first-order chi connectivity index (χ1) is 11.2. The molecule has 0 fully saturated rings. The van der Waals surface area contributed by atoms with Gasteiger partial charge in [-0.2, -0.15) is 0 Å². The number of amides is 1. The maximum atomic E-state index is 12.0. The van der Waals surface area contributed by atoms with Crippen molar-refractivity contribution in [2.45, 2.75) is 13.5 Å². The summed E-state index contributed by atoms with van der Waals surface area (Å²) in [6.07, 6.45) is 1.47. The molecule has 0 unspecified atom stereocenters. The van der Waals surface area contributed by atoms with Crippen molar-refractivity contribution in [3.05, 3.63) is 83.8 Å². The van der Waals surface area contributed by atoms with Gasteiger partial charge in [-0.05, 0) is 36.8 Å². The molecule has 0 aliphatic heterocycles. The van der Waals surface area contributed by atoms with Crippen LogP contribution in [0.3, 0.4) is 0 Å². The summed E-state index contributed by atoms with van der Waals surface area (Å²) in [4.78, 5) is 12.0. The Bertz CT molecular complexity index is 794. The zero-order chi connectivity index (χ0) is 16.1. The van der Waals surface area contributed by atoms with Crippen molar-refractivity contribution in [2.75, 3.05) is 5.32 Å². The number of benzene rings is 2. The molecule has 3 rings (SSSR count). The lowest BCUT2D eigenvalue weighted by molar-refractivity contribution is 0.0996. The largest absolute Gasteiger partial charge is 0.489 e. The Hall–Kier alpha value is -3.01. The molecule has 0 saturated carbocycles. The van der Waals surface area contributed by atoms with Gasteiger partial charge in [0.15, 0.2) is 5.76 Å². The summed E-state index contributed by atoms with van der Waals surface area (Å²) in [7, 11) is 0. The van der Waals surface area contributed by atoms with Crippen LogP contribution in [0.25, 0.3) is 0 Å². The third-order valence-electron chi connectivity index (χ3n) is 3.32. The molecule has 0 radical (unpaired) electrons. The smallest absolute Gasteiger partial charge is 0.291 e. The second-order valence-corrected chi connectivity index (χ2v) is 5.24. The number of hydrogen-bond acceptors (Lipinski definition) is 3. The van der Waals surface area contributed by atoms with E-state index in [0.717, 1.165) is 5.56 Å². The predicted molar refractivity (Wildman–Crippen MR) is 88.6 cm³/mol. The Morgan fingerprint density at radius 2 is 1.96 bits per heavy atom. The Labute approximate surface area is 134 Å². The van der Waals surface area contributed by atoms with E-state index in [1.165, 1.54) is 11.8 Å². The monoisotopic (exact) mass is 307 g/mol. The van der Waals surface area contributed by atoms with Crippen molar-refractivity contribution in [3.63, 3.8) is 0 Å². The molecule has 1 heterocycles. The standard InChI is InChI=1S/C19H17NO3/c1-14-5-2-6-15(11-14)13-23-17-8-3-7-16(12-17)20-19(21)18-9-4-10-22-18/h2-12H,13H2,1H3,(H,20,21). The molecular weight excluding hydrogens is 290 g/mol. The van der Waals surface area contributed by atoms with Gasteiger partial charge in [0.05, 0.1) is 6.26 Å². The van der Waals surface area contributed by atoms with E-state index in [0.29, 0.717) is 18.0 Å². The van der Waals surface area contributed by atoms with Crippen LogP contribution < -0.4 is 10.1 Å². The Morgan fingerprint density at radius 1 is 1.09 bits per heavy atom. The quantitative estimate of drug-likeness (QED) is 0.759. The molecule has 0 atom stereocenters. The molecule has 1 aromatic heterocycles. The third kappa shape index (κ3) is 4.01. The molecule has 0 bridgehead atoms. The Morgan fingerprint density at radius 3 is 2.74 bits per heavy atom. The fraction of sp³-hybridized carbons (Fsp3) is 0.105. The van der Waals surface area contributed by atoms with Crippen LogP contribution in [-0.4, -0.2) is 5.91 Å². The van der Waals surface area contributed by atoms with Crippen molar-refractivity contribution < 1.29 is 13.9 Å². The van der Waals surface area contributed by atoms with E-state index < -0.39 is 0 Å². The van der Waals surface area contributed by atoms with Crippen molar-refractivity contribution in [2.24, 2.45) is 0 Å². The molecular formula is C19H17NO3. The Kier molecular flexibility index (Phi) is 4.43. The molecule has 23 heavy (non-hydrogen) atoms. The Balaban J connectivity index is 1.64. The van der Waals surface area contributed by atoms with Gasteiger partial charge in [0.1, 0.15) is 12.4 Å². The van der Waals surface area contributed by atoms with Gasteiger partial charge in [0, 0.05) is 11.8 Å². The van der Waals surface area contributed by atoms with Crippen LogP contribution >= 0.6 is 0 Å². The first-order valence-electron chi connectivity index (χ1n) is 7.34. The van der Waals surface area contributed by atoms with Gasteiger partial charge in [-0.1, -0.05) is 35.9 Å². The van der Waals surface area contributed by atoms with Gasteiger partial charge in [-0.3, -0.25) is 4.79 Å². The van der Waals surface area contributed by atoms with Crippen LogP contribution in [0, 0.1) is 6.92 Å². The minimum Gasteiger partial charge on any atom is -0.489 e. The third-order valence-corrected chi connectivity index (χ3v) is 3.32. The molecule has 3 aromatic rings. The van der Waals surface area contributed by atoms with Crippen molar-refractivity contribution in [3.8, 4) is 5.75 Å². The average Bonchev–Trinajstić information content (AvgIpc) is 3.08. The van der Waals surface area contributed by atoms with E-state index in [1.807, 2.05) is 37.3 Å². The molecule has 0 spiro atoms. The van der Waals surface area contributed by atoms with Crippen LogP contribution in [0.2, 0.25) is 0 Å². The van der Waals surface area contributed by atoms with E-state index in [4.69, 9.17) is 9.15 Å². The summed E-state index contributed by atoms with van der Waals surface area (Å²) in [5.41, 5.74) is 2.97. The van der Waals surface area contributed by atoms with Gasteiger partial charge in [0.2, 0.25) is 0 Å². The van der Waals surface area contributed by atoms with E-state index in [2.05, 4.69) is 11.4 Å². The SMILES string of the molecule is Cc1cccc(COc2cccc(NC(=O)c3ccco3)c2)c1. The predicted octanol–water partition coefficient (Wildman–Crippen LogP) is 4.42. The van der Waals surface area contributed by atoms with Gasteiger partial charge in [-0.15, -0.1) is 0 Å². The van der Waals surface area contributed by atoms with Crippen LogP contribution in [-0.2, 0) is 6.61 Å². The zero-order valence-electron chi connectivity index (χ0n) is 12.8. The van der Waals surface area contributed by atoms with E-state index in [-0.39, 0.29) is 11.7 Å². The highest BCUT2D eigenvalue weighted by molar-refractivity contribution is 6.02. The number of aryl methyl sites for hydroxylation is 1. The van der Waals surface area contributed by atoms with E-state index >= 15 is 0 Å². The van der Waals surface area contributed by atoms with E-state index in [9.17, 15) is 4.79 Å². The number of hydrogen-bond donors (Lipinski definition) is 1. The molecule has 4 heteroatoms. The number of anilines is 1. The molecule has 4 nitrogen and oxygen atoms in total. The molecule has 1 N–H and O–H groups in total. The molecule has 116 valence electrons. The van der Waals surface area contributed by atoms with Gasteiger partial charge in [0.25, 0.3) is 5.91 Å². The lowest BCUT2D eigenvalue weighted by atomic mass is 10.1. The fourth-order valence-electron chi connectivity index (χ4n) is 2.23. The molecule has 0 aliphatic rings. The minimum atomic E-state index is -0.286. The van der Waals surface area contributed by atoms with E-state index in [1.54, 1.807) is 24.3 Å². The highest BCUT2D eigenvalue weighted by Gasteiger charge is 2.09. The molecule has 0 saturated heterocycles. The van der Waals surface area contributed by atoms with Crippen LogP contribution in [0.15, 0.2) is 71.3 Å².